The fraction of sp³-hybridized carbons (Fsp3) is 0.357. The molecule has 0 unspecified atom stereocenters. The van der Waals surface area contributed by atoms with E-state index in [1.165, 1.54) is 5.56 Å². The largest absolute Gasteiger partial charge is 0.496 e. The van der Waals surface area contributed by atoms with E-state index in [4.69, 9.17) is 9.47 Å². The van der Waals surface area contributed by atoms with Gasteiger partial charge in [-0.25, -0.2) is 4.98 Å². The molecule has 0 N–H and O–H groups in total. The lowest BCUT2D eigenvalue weighted by Gasteiger charge is -2.10. The normalized spacial score (nSPS) is 10.5. The fourth-order valence-electron chi connectivity index (χ4n) is 2.07. The lowest BCUT2D eigenvalue weighted by atomic mass is 10.1. The second kappa shape index (κ2) is 4.98. The quantitative estimate of drug-likeness (QED) is 0.845. The first kappa shape index (κ1) is 12.9. The zero-order chi connectivity index (χ0) is 13.3. The molecule has 0 saturated carbocycles. The van der Waals surface area contributed by atoms with Crippen molar-refractivity contribution in [2.45, 2.75) is 20.8 Å². The highest BCUT2D eigenvalue weighted by Gasteiger charge is 2.15. The Morgan fingerprint density at radius 3 is 2.33 bits per heavy atom. The van der Waals surface area contributed by atoms with Gasteiger partial charge in [0.1, 0.15) is 10.8 Å². The molecular formula is C14H17NO2S. The minimum atomic E-state index is 0.853. The number of hydrogen-bond donors (Lipinski definition) is 0. The molecule has 1 aromatic carbocycles. The second-order valence-electron chi connectivity index (χ2n) is 4.26. The summed E-state index contributed by atoms with van der Waals surface area (Å²) in [6, 6.07) is 4.21. The molecular weight excluding hydrogens is 246 g/mol. The van der Waals surface area contributed by atoms with Gasteiger partial charge in [-0.1, -0.05) is 17.4 Å². The predicted octanol–water partition coefficient (Wildman–Crippen LogP) is 3.75. The van der Waals surface area contributed by atoms with Crippen LogP contribution in [0.1, 0.15) is 16.8 Å². The summed E-state index contributed by atoms with van der Waals surface area (Å²) in [6.45, 7) is 6.08. The van der Waals surface area contributed by atoms with Crippen molar-refractivity contribution < 1.29 is 9.47 Å². The number of aromatic nitrogens is 1. The summed E-state index contributed by atoms with van der Waals surface area (Å²) in [5.41, 5.74) is 4.28. The van der Waals surface area contributed by atoms with Crippen LogP contribution < -0.4 is 9.47 Å². The number of hydrogen-bond acceptors (Lipinski definition) is 4. The molecule has 0 spiro atoms. The summed E-state index contributed by atoms with van der Waals surface area (Å²) in [5, 5.41) is 1.79. The Kier molecular flexibility index (Phi) is 3.57. The van der Waals surface area contributed by atoms with Crippen LogP contribution in [0.5, 0.6) is 10.8 Å². The summed E-state index contributed by atoms with van der Waals surface area (Å²) in [5.74, 6) is 0.886. The molecule has 2 rings (SSSR count). The van der Waals surface area contributed by atoms with E-state index in [9.17, 15) is 0 Å². The molecule has 96 valence electrons. The molecule has 4 heteroatoms. The number of nitrogens with zero attached hydrogens (tertiary/aromatic N) is 1. The number of benzene rings is 1. The van der Waals surface area contributed by atoms with E-state index >= 15 is 0 Å². The monoisotopic (exact) mass is 263 g/mol. The van der Waals surface area contributed by atoms with Gasteiger partial charge in [0.25, 0.3) is 0 Å². The van der Waals surface area contributed by atoms with Crippen molar-refractivity contribution >= 4 is 11.3 Å². The topological polar surface area (TPSA) is 31.4 Å². The Bertz CT molecular complexity index is 575. The van der Waals surface area contributed by atoms with Gasteiger partial charge in [-0.3, -0.25) is 0 Å². The van der Waals surface area contributed by atoms with Gasteiger partial charge in [-0.05, 0) is 38.0 Å². The van der Waals surface area contributed by atoms with Crippen LogP contribution in [0.3, 0.4) is 0 Å². The molecule has 0 bridgehead atoms. The molecule has 1 aromatic heterocycles. The third-order valence-electron chi connectivity index (χ3n) is 2.79. The zero-order valence-electron chi connectivity index (χ0n) is 11.3. The number of ether oxygens (including phenoxy) is 2. The molecule has 0 atom stereocenters. The van der Waals surface area contributed by atoms with Gasteiger partial charge in [0, 0.05) is 0 Å². The van der Waals surface area contributed by atoms with Gasteiger partial charge >= 0.3 is 0 Å². The summed E-state index contributed by atoms with van der Waals surface area (Å²) >= 11 is 1.55. The minimum Gasteiger partial charge on any atom is -0.496 e. The first-order valence-electron chi connectivity index (χ1n) is 5.73. The van der Waals surface area contributed by atoms with Crippen molar-refractivity contribution in [3.05, 3.63) is 29.0 Å². The molecule has 1 heterocycles. The van der Waals surface area contributed by atoms with Crippen LogP contribution in [-0.4, -0.2) is 19.2 Å². The van der Waals surface area contributed by atoms with Crippen molar-refractivity contribution in [2.75, 3.05) is 14.2 Å². The Morgan fingerprint density at radius 2 is 1.78 bits per heavy atom. The van der Waals surface area contributed by atoms with Crippen molar-refractivity contribution in [3.63, 3.8) is 0 Å². The molecule has 0 amide bonds. The van der Waals surface area contributed by atoms with Gasteiger partial charge in [0.05, 0.1) is 25.5 Å². The third-order valence-corrected chi connectivity index (χ3v) is 3.94. The fourth-order valence-corrected chi connectivity index (χ4v) is 2.97. The highest BCUT2D eigenvalue weighted by Crippen LogP contribution is 2.39. The van der Waals surface area contributed by atoms with E-state index in [-0.39, 0.29) is 0 Å². The summed E-state index contributed by atoms with van der Waals surface area (Å²) in [4.78, 5) is 4.56. The average molecular weight is 263 g/mol. The van der Waals surface area contributed by atoms with E-state index in [0.29, 0.717) is 0 Å². The number of thiazole rings is 1. The van der Waals surface area contributed by atoms with Crippen molar-refractivity contribution in [2.24, 2.45) is 0 Å². The minimum absolute atomic E-state index is 0.853. The molecule has 0 radical (unpaired) electrons. The van der Waals surface area contributed by atoms with E-state index in [1.54, 1.807) is 25.6 Å². The van der Waals surface area contributed by atoms with E-state index in [0.717, 1.165) is 32.6 Å². The summed E-state index contributed by atoms with van der Waals surface area (Å²) in [6.07, 6.45) is 0. The Morgan fingerprint density at radius 1 is 1.06 bits per heavy atom. The van der Waals surface area contributed by atoms with Gasteiger partial charge in [-0.15, -0.1) is 0 Å². The zero-order valence-corrected chi connectivity index (χ0v) is 12.1. The van der Waals surface area contributed by atoms with Crippen LogP contribution in [0, 0.1) is 20.8 Å². The smallest absolute Gasteiger partial charge is 0.197 e. The van der Waals surface area contributed by atoms with Crippen molar-refractivity contribution in [3.8, 4) is 21.4 Å². The standard InChI is InChI=1S/C14H17NO2S/c1-8-6-9(2)12(16-4)11(7-8)13-15-10(3)14(17-5)18-13/h6-7H,1-5H3. The van der Waals surface area contributed by atoms with Gasteiger partial charge in [-0.2, -0.15) is 0 Å². The molecule has 0 fully saturated rings. The predicted molar refractivity (Wildman–Crippen MR) is 74.9 cm³/mol. The molecule has 18 heavy (non-hydrogen) atoms. The maximum Gasteiger partial charge on any atom is 0.197 e. The maximum absolute atomic E-state index is 5.49. The lowest BCUT2D eigenvalue weighted by molar-refractivity contribution is 0.413. The second-order valence-corrected chi connectivity index (χ2v) is 5.22. The summed E-state index contributed by atoms with van der Waals surface area (Å²) in [7, 11) is 3.36. The van der Waals surface area contributed by atoms with Crippen LogP contribution in [0.4, 0.5) is 0 Å². The van der Waals surface area contributed by atoms with Crippen LogP contribution >= 0.6 is 11.3 Å². The van der Waals surface area contributed by atoms with Gasteiger partial charge < -0.3 is 9.47 Å². The molecule has 3 nitrogen and oxygen atoms in total. The number of methoxy groups -OCH3 is 2. The van der Waals surface area contributed by atoms with E-state index in [1.807, 2.05) is 13.8 Å². The van der Waals surface area contributed by atoms with Crippen LogP contribution in [-0.2, 0) is 0 Å². The molecule has 0 aliphatic rings. The Labute approximate surface area is 111 Å². The maximum atomic E-state index is 5.49. The Balaban J connectivity index is 2.61. The molecule has 0 aliphatic heterocycles. The highest BCUT2D eigenvalue weighted by molar-refractivity contribution is 7.17. The van der Waals surface area contributed by atoms with Crippen LogP contribution in [0.15, 0.2) is 12.1 Å². The first-order valence-corrected chi connectivity index (χ1v) is 6.55. The lowest BCUT2D eigenvalue weighted by Crippen LogP contribution is -1.92. The molecule has 2 aromatic rings. The van der Waals surface area contributed by atoms with Crippen molar-refractivity contribution in [1.29, 1.82) is 0 Å². The number of rotatable bonds is 3. The molecule has 0 aliphatic carbocycles. The van der Waals surface area contributed by atoms with Crippen LogP contribution in [0.2, 0.25) is 0 Å². The number of aryl methyl sites for hydroxylation is 3. The van der Waals surface area contributed by atoms with Gasteiger partial charge in [0.2, 0.25) is 0 Å². The van der Waals surface area contributed by atoms with Crippen LogP contribution in [0.25, 0.3) is 10.6 Å². The SMILES string of the molecule is COc1sc(-c2cc(C)cc(C)c2OC)nc1C. The van der Waals surface area contributed by atoms with Gasteiger partial charge in [0.15, 0.2) is 5.06 Å². The molecule has 0 saturated heterocycles. The van der Waals surface area contributed by atoms with E-state index < -0.39 is 0 Å². The third kappa shape index (κ3) is 2.20. The van der Waals surface area contributed by atoms with E-state index in [2.05, 4.69) is 24.0 Å². The average Bonchev–Trinajstić information content (AvgIpc) is 2.69. The highest BCUT2D eigenvalue weighted by atomic mass is 32.1. The Hall–Kier alpha value is -1.55. The first-order chi connectivity index (χ1) is 8.56. The van der Waals surface area contributed by atoms with Crippen molar-refractivity contribution in [1.82, 2.24) is 4.98 Å². The summed E-state index contributed by atoms with van der Waals surface area (Å²) < 4.78 is 10.8.